The van der Waals surface area contributed by atoms with Crippen LogP contribution in [-0.2, 0) is 0 Å². The Morgan fingerprint density at radius 3 is 2.81 bits per heavy atom. The van der Waals surface area contributed by atoms with Gasteiger partial charge in [-0.2, -0.15) is 0 Å². The summed E-state index contributed by atoms with van der Waals surface area (Å²) in [5, 5.41) is 1.26. The molecule has 0 unspecified atom stereocenters. The molecule has 1 heterocycles. The van der Waals surface area contributed by atoms with Gasteiger partial charge in [-0.05, 0) is 25.1 Å². The molecule has 0 aliphatic carbocycles. The lowest BCUT2D eigenvalue weighted by atomic mass is 10.1. The van der Waals surface area contributed by atoms with E-state index in [-0.39, 0.29) is 0 Å². The Hall–Kier alpha value is -0.900. The van der Waals surface area contributed by atoms with Gasteiger partial charge >= 0.3 is 0 Å². The molecule has 1 N–H and O–H groups in total. The maximum Gasteiger partial charge on any atom is 0.132 e. The maximum absolute atomic E-state index is 6.12. The Kier molecular flexibility index (Phi) is 3.28. The van der Waals surface area contributed by atoms with E-state index >= 15 is 0 Å². The van der Waals surface area contributed by atoms with Crippen molar-refractivity contribution >= 4 is 35.4 Å². The normalized spacial score (nSPS) is 10.4. The van der Waals surface area contributed by atoms with Crippen LogP contribution < -0.4 is 0 Å². The highest BCUT2D eigenvalue weighted by Gasteiger charge is 2.08. The fraction of sp³-hybridized carbons (Fsp3) is 0.0909. The molecule has 0 saturated carbocycles. The molecule has 0 bridgehead atoms. The van der Waals surface area contributed by atoms with E-state index in [0.29, 0.717) is 14.7 Å². The van der Waals surface area contributed by atoms with E-state index in [4.69, 9.17) is 35.4 Å². The number of nitrogens with zero attached hydrogens (tertiary/aromatic N) is 1. The summed E-state index contributed by atoms with van der Waals surface area (Å²) in [6.45, 7) is 1.90. The summed E-state index contributed by atoms with van der Waals surface area (Å²) in [6, 6.07) is 5.31. The molecule has 0 aliphatic heterocycles. The molecule has 2 rings (SSSR count). The number of hydrogen-bond donors (Lipinski definition) is 1. The molecule has 0 amide bonds. The molecule has 0 spiro atoms. The zero-order chi connectivity index (χ0) is 11.7. The lowest BCUT2D eigenvalue weighted by Gasteiger charge is -2.08. The molecule has 82 valence electrons. The van der Waals surface area contributed by atoms with Crippen LogP contribution in [0.25, 0.3) is 11.3 Å². The molecule has 5 heteroatoms. The number of rotatable bonds is 1. The Labute approximate surface area is 108 Å². The first-order valence-corrected chi connectivity index (χ1v) is 5.75. The lowest BCUT2D eigenvalue weighted by molar-refractivity contribution is 1.12. The number of nitrogens with one attached hydrogen (secondary N) is 1. The van der Waals surface area contributed by atoms with Crippen LogP contribution in [0.3, 0.4) is 0 Å². The standard InChI is InChI=1S/C11H8Cl2N2S/c1-6-10(14-5-15-11(6)16)8-4-7(12)2-3-9(8)13/h2-5H,1H3,(H,14,15,16). The summed E-state index contributed by atoms with van der Waals surface area (Å²) in [5.41, 5.74) is 2.58. The number of benzene rings is 1. The van der Waals surface area contributed by atoms with Crippen LogP contribution in [0, 0.1) is 11.6 Å². The third-order valence-electron chi connectivity index (χ3n) is 2.28. The quantitative estimate of drug-likeness (QED) is 0.778. The summed E-state index contributed by atoms with van der Waals surface area (Å²) in [4.78, 5) is 7.04. The van der Waals surface area contributed by atoms with Crippen molar-refractivity contribution in [2.24, 2.45) is 0 Å². The van der Waals surface area contributed by atoms with E-state index < -0.39 is 0 Å². The van der Waals surface area contributed by atoms with Gasteiger partial charge in [-0.15, -0.1) is 0 Å². The molecule has 0 aliphatic rings. The van der Waals surface area contributed by atoms with Crippen LogP contribution in [-0.4, -0.2) is 9.97 Å². The first kappa shape index (κ1) is 11.6. The molecule has 0 saturated heterocycles. The second kappa shape index (κ2) is 4.53. The molecular weight excluding hydrogens is 263 g/mol. The van der Waals surface area contributed by atoms with Gasteiger partial charge in [-0.3, -0.25) is 0 Å². The van der Waals surface area contributed by atoms with Gasteiger partial charge in [0.2, 0.25) is 0 Å². The van der Waals surface area contributed by atoms with Crippen LogP contribution in [0.1, 0.15) is 5.56 Å². The first-order valence-electron chi connectivity index (χ1n) is 4.59. The molecule has 1 aromatic heterocycles. The summed E-state index contributed by atoms with van der Waals surface area (Å²) in [7, 11) is 0. The van der Waals surface area contributed by atoms with E-state index in [9.17, 15) is 0 Å². The molecule has 1 aromatic carbocycles. The lowest BCUT2D eigenvalue weighted by Crippen LogP contribution is -1.92. The minimum absolute atomic E-state index is 0.560. The van der Waals surface area contributed by atoms with Gasteiger partial charge in [0.1, 0.15) is 4.64 Å². The third kappa shape index (κ3) is 2.12. The van der Waals surface area contributed by atoms with Crippen LogP contribution in [0.2, 0.25) is 10.0 Å². The molecular formula is C11H8Cl2N2S. The minimum Gasteiger partial charge on any atom is -0.345 e. The maximum atomic E-state index is 6.12. The Morgan fingerprint density at radius 2 is 2.06 bits per heavy atom. The van der Waals surface area contributed by atoms with Gasteiger partial charge in [0, 0.05) is 21.2 Å². The zero-order valence-corrected chi connectivity index (χ0v) is 10.7. The Balaban J connectivity index is 2.72. The van der Waals surface area contributed by atoms with Gasteiger partial charge in [-0.1, -0.05) is 35.4 Å². The van der Waals surface area contributed by atoms with Crippen LogP contribution >= 0.6 is 35.4 Å². The highest BCUT2D eigenvalue weighted by molar-refractivity contribution is 7.71. The molecule has 0 radical (unpaired) electrons. The number of aromatic nitrogens is 2. The first-order chi connectivity index (χ1) is 7.59. The molecule has 2 aromatic rings. The van der Waals surface area contributed by atoms with Crippen molar-refractivity contribution in [2.45, 2.75) is 6.92 Å². The van der Waals surface area contributed by atoms with E-state index in [1.807, 2.05) is 6.92 Å². The van der Waals surface area contributed by atoms with Crippen molar-refractivity contribution in [1.29, 1.82) is 0 Å². The number of aromatic amines is 1. The van der Waals surface area contributed by atoms with Crippen LogP contribution in [0.15, 0.2) is 24.5 Å². The summed E-state index contributed by atoms with van der Waals surface area (Å²) >= 11 is 17.2. The van der Waals surface area contributed by atoms with E-state index in [1.165, 1.54) is 0 Å². The fourth-order valence-electron chi connectivity index (χ4n) is 1.44. The largest absolute Gasteiger partial charge is 0.345 e. The van der Waals surface area contributed by atoms with E-state index in [1.54, 1.807) is 24.5 Å². The molecule has 16 heavy (non-hydrogen) atoms. The molecule has 0 atom stereocenters. The van der Waals surface area contributed by atoms with Crippen molar-refractivity contribution in [1.82, 2.24) is 9.97 Å². The fourth-order valence-corrected chi connectivity index (χ4v) is 1.98. The highest BCUT2D eigenvalue weighted by Crippen LogP contribution is 2.30. The van der Waals surface area contributed by atoms with Gasteiger partial charge in [0.05, 0.1) is 12.0 Å². The number of hydrogen-bond acceptors (Lipinski definition) is 2. The topological polar surface area (TPSA) is 28.7 Å². The smallest absolute Gasteiger partial charge is 0.132 e. The second-order valence-corrected chi connectivity index (χ2v) is 4.56. The van der Waals surface area contributed by atoms with Crippen LogP contribution in [0.4, 0.5) is 0 Å². The van der Waals surface area contributed by atoms with Gasteiger partial charge in [0.15, 0.2) is 0 Å². The van der Waals surface area contributed by atoms with Gasteiger partial charge in [-0.25, -0.2) is 4.98 Å². The van der Waals surface area contributed by atoms with Gasteiger partial charge < -0.3 is 4.98 Å². The second-order valence-electron chi connectivity index (χ2n) is 3.33. The Morgan fingerprint density at radius 1 is 1.31 bits per heavy atom. The van der Waals surface area contributed by atoms with E-state index in [0.717, 1.165) is 16.8 Å². The average molecular weight is 271 g/mol. The van der Waals surface area contributed by atoms with Crippen LogP contribution in [0.5, 0.6) is 0 Å². The predicted molar refractivity (Wildman–Crippen MR) is 69.6 cm³/mol. The molecule has 2 nitrogen and oxygen atoms in total. The van der Waals surface area contributed by atoms with E-state index in [2.05, 4.69) is 9.97 Å². The monoisotopic (exact) mass is 270 g/mol. The highest BCUT2D eigenvalue weighted by atomic mass is 35.5. The zero-order valence-electron chi connectivity index (χ0n) is 8.42. The van der Waals surface area contributed by atoms with Crippen molar-refractivity contribution in [2.75, 3.05) is 0 Å². The minimum atomic E-state index is 0.560. The number of H-pyrrole nitrogens is 1. The van der Waals surface area contributed by atoms with Gasteiger partial charge in [0.25, 0.3) is 0 Å². The predicted octanol–water partition coefficient (Wildman–Crippen LogP) is 4.42. The van der Waals surface area contributed by atoms with Crippen molar-refractivity contribution in [3.05, 3.63) is 44.8 Å². The van der Waals surface area contributed by atoms with Crippen molar-refractivity contribution in [3.63, 3.8) is 0 Å². The summed E-state index contributed by atoms with van der Waals surface area (Å²) < 4.78 is 0.560. The third-order valence-corrected chi connectivity index (χ3v) is 3.26. The SMILES string of the molecule is Cc1c(-c2cc(Cl)ccc2Cl)[nH]cnc1=S. The molecule has 0 fully saturated rings. The van der Waals surface area contributed by atoms with Crippen molar-refractivity contribution in [3.8, 4) is 11.3 Å². The summed E-state index contributed by atoms with van der Waals surface area (Å²) in [5.74, 6) is 0. The Bertz CT molecular complexity index is 593. The van der Waals surface area contributed by atoms with Crippen molar-refractivity contribution < 1.29 is 0 Å². The number of halogens is 2. The average Bonchev–Trinajstić information content (AvgIpc) is 2.26. The summed E-state index contributed by atoms with van der Waals surface area (Å²) in [6.07, 6.45) is 1.56.